The number of alkyl halides is 3. The number of carboxylic acid groups (broad SMARTS) is 1. The third kappa shape index (κ3) is 7.89. The van der Waals surface area contributed by atoms with E-state index < -0.39 is 36.2 Å². The van der Waals surface area contributed by atoms with E-state index in [1.807, 2.05) is 0 Å². The molecule has 1 aliphatic heterocycles. The molecule has 0 saturated heterocycles. The normalized spacial score (nSPS) is 16.9. The Labute approximate surface area is 308 Å². The van der Waals surface area contributed by atoms with Crippen LogP contribution in [0.3, 0.4) is 0 Å². The number of urea groups is 1. The van der Waals surface area contributed by atoms with E-state index in [4.69, 9.17) is 15.2 Å². The van der Waals surface area contributed by atoms with Gasteiger partial charge in [0.2, 0.25) is 5.95 Å². The molecule has 6 rings (SSSR count). The van der Waals surface area contributed by atoms with Crippen molar-refractivity contribution in [2.24, 2.45) is 13.0 Å². The van der Waals surface area contributed by atoms with E-state index >= 15 is 0 Å². The minimum atomic E-state index is -4.29. The number of fused-ring (bicyclic) bond motifs is 1. The van der Waals surface area contributed by atoms with Gasteiger partial charge in [0.05, 0.1) is 43.5 Å². The lowest BCUT2D eigenvalue weighted by Crippen LogP contribution is -2.45. The van der Waals surface area contributed by atoms with Gasteiger partial charge < -0.3 is 35.1 Å². The topological polar surface area (TPSA) is 165 Å². The van der Waals surface area contributed by atoms with E-state index in [0.717, 1.165) is 4.90 Å². The zero-order chi connectivity index (χ0) is 38.7. The Morgan fingerprint density at radius 2 is 1.83 bits per heavy atom. The van der Waals surface area contributed by atoms with Crippen LogP contribution in [0.4, 0.5) is 34.4 Å². The van der Waals surface area contributed by atoms with Crippen LogP contribution in [0.5, 0.6) is 11.5 Å². The van der Waals surface area contributed by atoms with Gasteiger partial charge in [0.15, 0.2) is 0 Å². The number of carbonyl (C=O) groups excluding carboxylic acids is 2. The van der Waals surface area contributed by atoms with Gasteiger partial charge in [-0.25, -0.2) is 24.5 Å². The second-order valence-corrected chi connectivity index (χ2v) is 13.0. The Balaban J connectivity index is 1.26. The molecule has 0 atom stereocenters. The van der Waals surface area contributed by atoms with E-state index in [0.29, 0.717) is 57.4 Å². The van der Waals surface area contributed by atoms with Crippen molar-refractivity contribution in [3.8, 4) is 34.7 Å². The number of anilines is 2. The number of aromatic nitrogens is 3. The molecule has 282 valence electrons. The number of amides is 4. The number of carbonyl (C=O) groups is 3. The Kier molecular flexibility index (Phi) is 10.7. The molecule has 4 amide bonds. The average Bonchev–Trinajstić information content (AvgIpc) is 3.49. The molecule has 54 heavy (non-hydrogen) atoms. The number of imide groups is 1. The molecule has 1 fully saturated rings. The molecule has 3 heterocycles. The SMILES string of the molecule is COc1ccc(CN(C(=O)Nc2cccc(C#Cc3cnc(N)nc3-c3cc4c(n3C)CCN(C(=O)O)C4=O)c2)C2CCC(C(F)(F)F)CC2)c(OC)c1. The highest BCUT2D eigenvalue weighted by Crippen LogP contribution is 2.40. The van der Waals surface area contributed by atoms with Crippen molar-refractivity contribution in [1.29, 1.82) is 0 Å². The number of benzene rings is 2. The molecule has 2 aliphatic rings. The Hall–Kier alpha value is -6.24. The molecule has 2 aromatic carbocycles. The highest BCUT2D eigenvalue weighted by atomic mass is 19.4. The highest BCUT2D eigenvalue weighted by Gasteiger charge is 2.43. The highest BCUT2D eigenvalue weighted by molar-refractivity contribution is 6.05. The number of hydrogen-bond acceptors (Lipinski definition) is 8. The molecular weight excluding hydrogens is 707 g/mol. The molecule has 4 N–H and O–H groups in total. The predicted molar refractivity (Wildman–Crippen MR) is 192 cm³/mol. The van der Waals surface area contributed by atoms with Gasteiger partial charge in [-0.1, -0.05) is 17.9 Å². The summed E-state index contributed by atoms with van der Waals surface area (Å²) in [5, 5.41) is 12.3. The standard InChI is InChI=1S/C38H38F3N7O6/c1-46-30-15-16-47(37(51)52)34(49)29(30)19-31(46)33-23(20-43-35(42)45-33)8-7-22-5-4-6-26(17-22)44-36(50)48(27-12-10-25(11-13-27)38(39,40)41)21-24-9-14-28(53-2)18-32(24)54-3/h4-6,9,14,17-20,25,27H,10-13,15-16,21H2,1-3H3,(H,44,50)(H,51,52)(H2,42,43,45). The molecule has 0 radical (unpaired) electrons. The maximum absolute atomic E-state index is 13.9. The van der Waals surface area contributed by atoms with Gasteiger partial charge in [0.25, 0.3) is 5.91 Å². The average molecular weight is 746 g/mol. The quantitative estimate of drug-likeness (QED) is 0.184. The third-order valence-corrected chi connectivity index (χ3v) is 9.84. The van der Waals surface area contributed by atoms with Crippen molar-refractivity contribution in [2.45, 2.75) is 50.9 Å². The number of methoxy groups -OCH3 is 2. The summed E-state index contributed by atoms with van der Waals surface area (Å²) in [7, 11) is 4.76. The summed E-state index contributed by atoms with van der Waals surface area (Å²) in [4.78, 5) is 49.2. The molecule has 2 aromatic heterocycles. The fraction of sp³-hybridized carbons (Fsp3) is 0.342. The summed E-state index contributed by atoms with van der Waals surface area (Å²) in [6, 6.07) is 12.6. The van der Waals surface area contributed by atoms with E-state index in [2.05, 4.69) is 27.1 Å². The lowest BCUT2D eigenvalue weighted by Gasteiger charge is -2.37. The van der Waals surface area contributed by atoms with Crippen LogP contribution in [0.2, 0.25) is 0 Å². The molecule has 0 bridgehead atoms. The monoisotopic (exact) mass is 745 g/mol. The van der Waals surface area contributed by atoms with Gasteiger partial charge in [-0.15, -0.1) is 0 Å². The maximum Gasteiger partial charge on any atom is 0.414 e. The summed E-state index contributed by atoms with van der Waals surface area (Å²) < 4.78 is 53.1. The smallest absolute Gasteiger partial charge is 0.414 e. The van der Waals surface area contributed by atoms with Crippen LogP contribution < -0.4 is 20.5 Å². The lowest BCUT2D eigenvalue weighted by atomic mass is 9.85. The second-order valence-electron chi connectivity index (χ2n) is 13.0. The zero-order valence-corrected chi connectivity index (χ0v) is 29.7. The number of nitrogens with zero attached hydrogens (tertiary/aromatic N) is 5. The Morgan fingerprint density at radius 1 is 1.07 bits per heavy atom. The lowest BCUT2D eigenvalue weighted by molar-refractivity contribution is -0.184. The van der Waals surface area contributed by atoms with Gasteiger partial charge in [0, 0.05) is 60.8 Å². The van der Waals surface area contributed by atoms with Crippen molar-refractivity contribution in [2.75, 3.05) is 31.8 Å². The van der Waals surface area contributed by atoms with Crippen LogP contribution in [0.1, 0.15) is 58.4 Å². The number of nitrogen functional groups attached to an aromatic ring is 1. The van der Waals surface area contributed by atoms with Crippen molar-refractivity contribution in [3.63, 3.8) is 0 Å². The van der Waals surface area contributed by atoms with E-state index in [1.54, 1.807) is 65.0 Å². The molecule has 16 heteroatoms. The number of nitrogens with two attached hydrogens (primary N) is 1. The van der Waals surface area contributed by atoms with E-state index in [1.165, 1.54) is 20.4 Å². The molecule has 4 aromatic rings. The third-order valence-electron chi connectivity index (χ3n) is 9.84. The summed E-state index contributed by atoms with van der Waals surface area (Å²) in [5.74, 6) is 5.08. The minimum Gasteiger partial charge on any atom is -0.497 e. The number of hydrogen-bond donors (Lipinski definition) is 3. The Morgan fingerprint density at radius 3 is 2.52 bits per heavy atom. The molecule has 1 saturated carbocycles. The first-order valence-electron chi connectivity index (χ1n) is 17.1. The molecule has 0 spiro atoms. The van der Waals surface area contributed by atoms with Gasteiger partial charge in [-0.05, 0) is 62.1 Å². The van der Waals surface area contributed by atoms with Crippen molar-refractivity contribution < 1.29 is 42.1 Å². The molecule has 13 nitrogen and oxygen atoms in total. The van der Waals surface area contributed by atoms with Crippen LogP contribution >= 0.6 is 0 Å². The minimum absolute atomic E-state index is 0.0243. The molecule has 0 unspecified atom stereocenters. The Bertz CT molecular complexity index is 2150. The summed E-state index contributed by atoms with van der Waals surface area (Å²) in [5.41, 5.74) is 9.65. The van der Waals surface area contributed by atoms with Gasteiger partial charge in [-0.3, -0.25) is 4.79 Å². The number of nitrogens with one attached hydrogen (secondary N) is 1. The van der Waals surface area contributed by atoms with E-state index in [-0.39, 0.29) is 50.3 Å². The van der Waals surface area contributed by atoms with Gasteiger partial charge >= 0.3 is 18.3 Å². The first-order chi connectivity index (χ1) is 25.8. The maximum atomic E-state index is 13.9. The van der Waals surface area contributed by atoms with Crippen LogP contribution in [-0.4, -0.2) is 80.5 Å². The van der Waals surface area contributed by atoms with Crippen LogP contribution in [-0.2, 0) is 20.0 Å². The van der Waals surface area contributed by atoms with Crippen LogP contribution in [0.15, 0.2) is 54.7 Å². The first-order valence-corrected chi connectivity index (χ1v) is 17.1. The predicted octanol–water partition coefficient (Wildman–Crippen LogP) is 6.31. The largest absolute Gasteiger partial charge is 0.497 e. The fourth-order valence-corrected chi connectivity index (χ4v) is 6.94. The van der Waals surface area contributed by atoms with Gasteiger partial charge in [0.1, 0.15) is 17.2 Å². The van der Waals surface area contributed by atoms with Gasteiger partial charge in [-0.2, -0.15) is 13.2 Å². The van der Waals surface area contributed by atoms with E-state index in [9.17, 15) is 32.7 Å². The molecular formula is C38H38F3N7O6. The summed E-state index contributed by atoms with van der Waals surface area (Å²) in [6.45, 7) is 0.110. The van der Waals surface area contributed by atoms with Crippen molar-refractivity contribution >= 4 is 29.7 Å². The fourth-order valence-electron chi connectivity index (χ4n) is 6.94. The van der Waals surface area contributed by atoms with Crippen molar-refractivity contribution in [1.82, 2.24) is 24.3 Å². The molecule has 1 aliphatic carbocycles. The first kappa shape index (κ1) is 37.5. The number of halogens is 3. The number of ether oxygens (including phenoxy) is 2. The van der Waals surface area contributed by atoms with Crippen molar-refractivity contribution in [3.05, 3.63) is 82.7 Å². The van der Waals surface area contributed by atoms with Crippen LogP contribution in [0.25, 0.3) is 11.4 Å². The zero-order valence-electron chi connectivity index (χ0n) is 29.7. The summed E-state index contributed by atoms with van der Waals surface area (Å²) >= 11 is 0. The number of rotatable bonds is 7. The second kappa shape index (κ2) is 15.4. The summed E-state index contributed by atoms with van der Waals surface area (Å²) in [6.07, 6.45) is -3.64. The van der Waals surface area contributed by atoms with Crippen LogP contribution in [0, 0.1) is 17.8 Å².